The van der Waals surface area contributed by atoms with Gasteiger partial charge in [-0.05, 0) is 36.7 Å². The highest BCUT2D eigenvalue weighted by atomic mass is 16.5. The highest BCUT2D eigenvalue weighted by Gasteiger charge is 2.11. The Balaban J connectivity index is 1.96. The molecule has 7 heteroatoms. The Morgan fingerprint density at radius 3 is 2.41 bits per heavy atom. The van der Waals surface area contributed by atoms with E-state index in [1.54, 1.807) is 27.4 Å². The van der Waals surface area contributed by atoms with E-state index >= 15 is 0 Å². The molecule has 0 fully saturated rings. The summed E-state index contributed by atoms with van der Waals surface area (Å²) < 4.78 is 21.4. The maximum Gasteiger partial charge on any atom is 0.255 e. The first-order valence-corrected chi connectivity index (χ1v) is 8.57. The molecule has 146 valence electrons. The zero-order valence-corrected chi connectivity index (χ0v) is 15.9. The Labute approximate surface area is 159 Å². The molecule has 0 saturated carbocycles. The number of rotatable bonds is 11. The van der Waals surface area contributed by atoms with Crippen molar-refractivity contribution in [2.24, 2.45) is 5.73 Å². The Morgan fingerprint density at radius 1 is 1.00 bits per heavy atom. The standard InChI is InChI=1S/C20H26N2O5/c1-24-16-8-7-14(11-18(16)26-3)9-10-22-12-15-5-4-6-17(25-2)20(15)27-13-19(21)23/h4-8,11,22H,9-10,12-13H2,1-3H3,(H2,21,23). The van der Waals surface area contributed by atoms with E-state index < -0.39 is 5.91 Å². The van der Waals surface area contributed by atoms with Gasteiger partial charge >= 0.3 is 0 Å². The molecule has 3 N–H and O–H groups in total. The van der Waals surface area contributed by atoms with Gasteiger partial charge in [0.2, 0.25) is 0 Å². The lowest BCUT2D eigenvalue weighted by atomic mass is 10.1. The van der Waals surface area contributed by atoms with E-state index in [2.05, 4.69) is 5.32 Å². The third kappa shape index (κ3) is 5.79. The Bertz CT molecular complexity index is 764. The maximum atomic E-state index is 11.0. The van der Waals surface area contributed by atoms with E-state index in [1.165, 1.54) is 0 Å². The SMILES string of the molecule is COc1ccc(CCNCc2cccc(OC)c2OCC(N)=O)cc1OC. The molecule has 2 aromatic rings. The van der Waals surface area contributed by atoms with E-state index in [0.717, 1.165) is 24.1 Å². The van der Waals surface area contributed by atoms with Gasteiger partial charge in [-0.1, -0.05) is 18.2 Å². The van der Waals surface area contributed by atoms with Gasteiger partial charge < -0.3 is 30.0 Å². The van der Waals surface area contributed by atoms with Crippen LogP contribution < -0.4 is 30.0 Å². The molecular formula is C20H26N2O5. The van der Waals surface area contributed by atoms with Crippen molar-refractivity contribution >= 4 is 5.91 Å². The lowest BCUT2D eigenvalue weighted by Crippen LogP contribution is -2.22. The van der Waals surface area contributed by atoms with Crippen LogP contribution in [0.5, 0.6) is 23.0 Å². The number of amides is 1. The number of hydrogen-bond donors (Lipinski definition) is 2. The number of carbonyl (C=O) groups is 1. The summed E-state index contributed by atoms with van der Waals surface area (Å²) in [4.78, 5) is 11.0. The second-order valence-electron chi connectivity index (χ2n) is 5.82. The van der Waals surface area contributed by atoms with Crippen LogP contribution in [-0.2, 0) is 17.8 Å². The number of primary amides is 1. The summed E-state index contributed by atoms with van der Waals surface area (Å²) in [6.07, 6.45) is 0.821. The summed E-state index contributed by atoms with van der Waals surface area (Å²) in [5.41, 5.74) is 7.20. The van der Waals surface area contributed by atoms with Crippen LogP contribution in [0, 0.1) is 0 Å². The molecule has 2 rings (SSSR count). The minimum atomic E-state index is -0.534. The highest BCUT2D eigenvalue weighted by Crippen LogP contribution is 2.31. The van der Waals surface area contributed by atoms with Gasteiger partial charge in [0.1, 0.15) is 0 Å². The van der Waals surface area contributed by atoms with Gasteiger partial charge in [-0.15, -0.1) is 0 Å². The van der Waals surface area contributed by atoms with Crippen LogP contribution in [0.15, 0.2) is 36.4 Å². The lowest BCUT2D eigenvalue weighted by Gasteiger charge is -2.15. The van der Waals surface area contributed by atoms with Crippen LogP contribution in [0.2, 0.25) is 0 Å². The van der Waals surface area contributed by atoms with Gasteiger partial charge in [0.25, 0.3) is 5.91 Å². The second kappa shape index (κ2) is 10.3. The zero-order valence-electron chi connectivity index (χ0n) is 15.9. The highest BCUT2D eigenvalue weighted by molar-refractivity contribution is 5.75. The summed E-state index contributed by atoms with van der Waals surface area (Å²) >= 11 is 0. The van der Waals surface area contributed by atoms with Crippen molar-refractivity contribution in [3.05, 3.63) is 47.5 Å². The Kier molecular flexibility index (Phi) is 7.76. The maximum absolute atomic E-state index is 11.0. The van der Waals surface area contributed by atoms with Crippen LogP contribution in [0.1, 0.15) is 11.1 Å². The molecule has 0 aromatic heterocycles. The third-order valence-corrected chi connectivity index (χ3v) is 3.99. The van der Waals surface area contributed by atoms with Crippen molar-refractivity contribution in [2.45, 2.75) is 13.0 Å². The van der Waals surface area contributed by atoms with Crippen molar-refractivity contribution in [2.75, 3.05) is 34.5 Å². The van der Waals surface area contributed by atoms with E-state index in [1.807, 2.05) is 30.3 Å². The van der Waals surface area contributed by atoms with Crippen LogP contribution in [0.25, 0.3) is 0 Å². The van der Waals surface area contributed by atoms with Gasteiger partial charge in [-0.2, -0.15) is 0 Å². The molecule has 1 amide bonds. The topological polar surface area (TPSA) is 92.0 Å². The largest absolute Gasteiger partial charge is 0.493 e. The number of ether oxygens (including phenoxy) is 4. The normalized spacial score (nSPS) is 10.3. The van der Waals surface area contributed by atoms with Gasteiger partial charge in [-0.3, -0.25) is 4.79 Å². The summed E-state index contributed by atoms with van der Waals surface area (Å²) in [7, 11) is 4.79. The van der Waals surface area contributed by atoms with Crippen LogP contribution in [0.4, 0.5) is 0 Å². The second-order valence-corrected chi connectivity index (χ2v) is 5.82. The van der Waals surface area contributed by atoms with Crippen LogP contribution in [-0.4, -0.2) is 40.4 Å². The van der Waals surface area contributed by atoms with Crippen molar-refractivity contribution in [1.29, 1.82) is 0 Å². The van der Waals surface area contributed by atoms with E-state index in [9.17, 15) is 4.79 Å². The van der Waals surface area contributed by atoms with Crippen molar-refractivity contribution < 1.29 is 23.7 Å². The number of benzene rings is 2. The fourth-order valence-electron chi connectivity index (χ4n) is 2.66. The number of nitrogens with one attached hydrogen (secondary N) is 1. The molecule has 0 heterocycles. The smallest absolute Gasteiger partial charge is 0.255 e. The van der Waals surface area contributed by atoms with Gasteiger partial charge in [0, 0.05) is 12.1 Å². The lowest BCUT2D eigenvalue weighted by molar-refractivity contribution is -0.119. The number of hydrogen-bond acceptors (Lipinski definition) is 6. The number of para-hydroxylation sites is 1. The van der Waals surface area contributed by atoms with Crippen molar-refractivity contribution in [3.8, 4) is 23.0 Å². The van der Waals surface area contributed by atoms with E-state index in [0.29, 0.717) is 29.5 Å². The summed E-state index contributed by atoms with van der Waals surface area (Å²) in [6, 6.07) is 11.4. The summed E-state index contributed by atoms with van der Waals surface area (Å²) in [5, 5.41) is 3.37. The zero-order chi connectivity index (χ0) is 19.6. The van der Waals surface area contributed by atoms with E-state index in [4.69, 9.17) is 24.7 Å². The molecule has 2 aromatic carbocycles. The first kappa shape index (κ1) is 20.4. The molecule has 0 aliphatic heterocycles. The monoisotopic (exact) mass is 374 g/mol. The first-order chi connectivity index (χ1) is 13.1. The molecule has 7 nitrogen and oxygen atoms in total. The predicted octanol–water partition coefficient (Wildman–Crippen LogP) is 1.91. The number of methoxy groups -OCH3 is 3. The minimum Gasteiger partial charge on any atom is -0.493 e. The Morgan fingerprint density at radius 2 is 1.74 bits per heavy atom. The number of carbonyl (C=O) groups excluding carboxylic acids is 1. The number of nitrogens with two attached hydrogens (primary N) is 1. The summed E-state index contributed by atoms with van der Waals surface area (Å²) in [6.45, 7) is 1.12. The Hall–Kier alpha value is -2.93. The van der Waals surface area contributed by atoms with Gasteiger partial charge in [0.05, 0.1) is 21.3 Å². The molecule has 0 bridgehead atoms. The fourth-order valence-corrected chi connectivity index (χ4v) is 2.66. The quantitative estimate of drug-likeness (QED) is 0.584. The molecule has 0 atom stereocenters. The molecule has 0 spiro atoms. The van der Waals surface area contributed by atoms with E-state index in [-0.39, 0.29) is 6.61 Å². The molecule has 27 heavy (non-hydrogen) atoms. The van der Waals surface area contributed by atoms with Crippen LogP contribution >= 0.6 is 0 Å². The average molecular weight is 374 g/mol. The van der Waals surface area contributed by atoms with Gasteiger partial charge in [0.15, 0.2) is 29.6 Å². The average Bonchev–Trinajstić information content (AvgIpc) is 2.69. The van der Waals surface area contributed by atoms with Crippen LogP contribution in [0.3, 0.4) is 0 Å². The van der Waals surface area contributed by atoms with Crippen molar-refractivity contribution in [3.63, 3.8) is 0 Å². The van der Waals surface area contributed by atoms with Gasteiger partial charge in [-0.25, -0.2) is 0 Å². The molecular weight excluding hydrogens is 348 g/mol. The first-order valence-electron chi connectivity index (χ1n) is 8.57. The molecule has 0 aliphatic carbocycles. The predicted molar refractivity (Wildman–Crippen MR) is 103 cm³/mol. The molecule has 0 unspecified atom stereocenters. The summed E-state index contributed by atoms with van der Waals surface area (Å²) in [5.74, 6) is 1.98. The minimum absolute atomic E-state index is 0.195. The third-order valence-electron chi connectivity index (χ3n) is 3.99. The van der Waals surface area contributed by atoms with Crippen molar-refractivity contribution in [1.82, 2.24) is 5.32 Å². The fraction of sp³-hybridized carbons (Fsp3) is 0.350. The molecule has 0 saturated heterocycles. The molecule has 0 aliphatic rings. The molecule has 0 radical (unpaired) electrons.